The smallest absolute Gasteiger partial charge is 0.277 e. The normalized spacial score (nSPS) is 14.5. The Bertz CT molecular complexity index is 823. The Labute approximate surface area is 159 Å². The Balaban J connectivity index is 1.85. The molecular formula is C19H19BrF2N2O2. The van der Waals surface area contributed by atoms with E-state index in [1.54, 1.807) is 12.1 Å². The highest BCUT2D eigenvalue weighted by atomic mass is 79.9. The minimum absolute atomic E-state index is 0.0239. The molecule has 2 N–H and O–H groups in total. The molecular weight excluding hydrogens is 406 g/mol. The molecule has 0 radical (unpaired) electrons. The zero-order chi connectivity index (χ0) is 18.7. The van der Waals surface area contributed by atoms with Gasteiger partial charge in [0.15, 0.2) is 11.6 Å². The summed E-state index contributed by atoms with van der Waals surface area (Å²) >= 11 is 3.36. The number of hydrogen-bond donors (Lipinski definition) is 2. The molecule has 0 unspecified atom stereocenters. The highest BCUT2D eigenvalue weighted by Gasteiger charge is 2.22. The van der Waals surface area contributed by atoms with Crippen molar-refractivity contribution < 1.29 is 18.4 Å². The van der Waals surface area contributed by atoms with Crippen LogP contribution in [-0.2, 0) is 4.84 Å². The fourth-order valence-corrected chi connectivity index (χ4v) is 3.44. The summed E-state index contributed by atoms with van der Waals surface area (Å²) in [7, 11) is 0. The second kappa shape index (κ2) is 8.14. The van der Waals surface area contributed by atoms with Gasteiger partial charge in [0.05, 0.1) is 17.4 Å². The first-order valence-corrected chi connectivity index (χ1v) is 9.22. The highest BCUT2D eigenvalue weighted by Crippen LogP contribution is 2.29. The van der Waals surface area contributed by atoms with Gasteiger partial charge in [-0.3, -0.25) is 9.63 Å². The summed E-state index contributed by atoms with van der Waals surface area (Å²) in [6, 6.07) is 7.50. The summed E-state index contributed by atoms with van der Waals surface area (Å²) in [6.45, 7) is 1.83. The topological polar surface area (TPSA) is 50.4 Å². The van der Waals surface area contributed by atoms with Crippen molar-refractivity contribution in [3.63, 3.8) is 0 Å². The van der Waals surface area contributed by atoms with Crippen molar-refractivity contribution in [3.8, 4) is 0 Å². The van der Waals surface area contributed by atoms with Crippen LogP contribution < -0.4 is 10.8 Å². The molecule has 4 nitrogen and oxygen atoms in total. The lowest BCUT2D eigenvalue weighted by Gasteiger charge is -2.16. The molecule has 0 aromatic heterocycles. The Morgan fingerprint density at radius 2 is 1.92 bits per heavy atom. The second-order valence-electron chi connectivity index (χ2n) is 6.32. The van der Waals surface area contributed by atoms with E-state index in [1.165, 1.54) is 6.07 Å². The van der Waals surface area contributed by atoms with E-state index in [0.717, 1.165) is 41.8 Å². The maximum atomic E-state index is 14.4. The average molecular weight is 425 g/mol. The van der Waals surface area contributed by atoms with Crippen molar-refractivity contribution >= 4 is 33.2 Å². The zero-order valence-corrected chi connectivity index (χ0v) is 15.8. The Morgan fingerprint density at radius 1 is 1.19 bits per heavy atom. The molecule has 7 heteroatoms. The Kier molecular flexibility index (Phi) is 5.88. The van der Waals surface area contributed by atoms with Crippen LogP contribution in [0.5, 0.6) is 0 Å². The lowest BCUT2D eigenvalue weighted by molar-refractivity contribution is -0.0124. The molecule has 0 aliphatic heterocycles. The van der Waals surface area contributed by atoms with E-state index in [4.69, 9.17) is 4.84 Å². The molecule has 0 heterocycles. The van der Waals surface area contributed by atoms with Crippen LogP contribution in [0.1, 0.15) is 41.6 Å². The van der Waals surface area contributed by atoms with Gasteiger partial charge in [-0.15, -0.1) is 0 Å². The molecule has 1 aliphatic carbocycles. The van der Waals surface area contributed by atoms with E-state index in [1.807, 2.05) is 13.0 Å². The Morgan fingerprint density at radius 3 is 2.62 bits per heavy atom. The van der Waals surface area contributed by atoms with Crippen LogP contribution in [0, 0.1) is 18.6 Å². The first-order chi connectivity index (χ1) is 12.5. The SMILES string of the molecule is Cc1cc(Br)ccc1Nc1c(C(=O)NOC2CCCC2)ccc(F)c1F. The summed E-state index contributed by atoms with van der Waals surface area (Å²) in [5, 5.41) is 2.83. The summed E-state index contributed by atoms with van der Waals surface area (Å²) in [4.78, 5) is 17.8. The quantitative estimate of drug-likeness (QED) is 0.633. The molecule has 2 aromatic carbocycles. The third-order valence-corrected chi connectivity index (χ3v) is 4.90. The third kappa shape index (κ3) is 4.22. The maximum Gasteiger partial charge on any atom is 0.277 e. The summed E-state index contributed by atoms with van der Waals surface area (Å²) in [5.41, 5.74) is 3.51. The fourth-order valence-electron chi connectivity index (χ4n) is 2.96. The van der Waals surface area contributed by atoms with Crippen molar-refractivity contribution in [3.05, 3.63) is 57.6 Å². The number of nitrogens with one attached hydrogen (secondary N) is 2. The number of anilines is 2. The molecule has 1 amide bonds. The van der Waals surface area contributed by atoms with Gasteiger partial charge in [-0.05, 0) is 55.7 Å². The van der Waals surface area contributed by atoms with Crippen molar-refractivity contribution in [2.75, 3.05) is 5.32 Å². The lowest BCUT2D eigenvalue weighted by atomic mass is 10.1. The van der Waals surface area contributed by atoms with Gasteiger partial charge in [0.25, 0.3) is 5.91 Å². The third-order valence-electron chi connectivity index (χ3n) is 4.41. The number of aryl methyl sites for hydroxylation is 1. The van der Waals surface area contributed by atoms with Crippen LogP contribution >= 0.6 is 15.9 Å². The molecule has 1 fully saturated rings. The van der Waals surface area contributed by atoms with E-state index in [2.05, 4.69) is 26.7 Å². The Hall–Kier alpha value is -1.99. The van der Waals surface area contributed by atoms with E-state index < -0.39 is 17.5 Å². The van der Waals surface area contributed by atoms with E-state index in [-0.39, 0.29) is 17.4 Å². The van der Waals surface area contributed by atoms with Crippen LogP contribution in [-0.4, -0.2) is 12.0 Å². The van der Waals surface area contributed by atoms with Gasteiger partial charge in [0, 0.05) is 10.2 Å². The van der Waals surface area contributed by atoms with Gasteiger partial charge in [0.1, 0.15) is 0 Å². The van der Waals surface area contributed by atoms with Gasteiger partial charge in [-0.1, -0.05) is 28.8 Å². The predicted octanol–water partition coefficient (Wildman–Crippen LogP) is 5.38. The predicted molar refractivity (Wildman–Crippen MR) is 99.3 cm³/mol. The highest BCUT2D eigenvalue weighted by molar-refractivity contribution is 9.10. The lowest BCUT2D eigenvalue weighted by Crippen LogP contribution is -2.29. The van der Waals surface area contributed by atoms with Gasteiger partial charge in [-0.2, -0.15) is 0 Å². The van der Waals surface area contributed by atoms with Crippen LogP contribution in [0.3, 0.4) is 0 Å². The molecule has 0 spiro atoms. The molecule has 1 aliphatic rings. The second-order valence-corrected chi connectivity index (χ2v) is 7.24. The minimum Gasteiger partial charge on any atom is -0.352 e. The number of rotatable bonds is 5. The molecule has 26 heavy (non-hydrogen) atoms. The molecule has 138 valence electrons. The first kappa shape index (κ1) is 18.8. The maximum absolute atomic E-state index is 14.4. The number of hydroxylamine groups is 1. The molecule has 0 bridgehead atoms. The number of carbonyl (C=O) groups is 1. The van der Waals surface area contributed by atoms with E-state index in [0.29, 0.717) is 5.69 Å². The summed E-state index contributed by atoms with van der Waals surface area (Å²) in [5.74, 6) is -2.76. The number of halogens is 3. The molecule has 2 aromatic rings. The fraction of sp³-hybridized carbons (Fsp3) is 0.316. The van der Waals surface area contributed by atoms with Gasteiger partial charge in [0.2, 0.25) is 0 Å². The van der Waals surface area contributed by atoms with Gasteiger partial charge in [-0.25, -0.2) is 14.3 Å². The van der Waals surface area contributed by atoms with Crippen molar-refractivity contribution in [2.24, 2.45) is 0 Å². The van der Waals surface area contributed by atoms with Crippen molar-refractivity contribution in [2.45, 2.75) is 38.7 Å². The number of benzene rings is 2. The van der Waals surface area contributed by atoms with Crippen LogP contribution in [0.4, 0.5) is 20.2 Å². The largest absolute Gasteiger partial charge is 0.352 e. The van der Waals surface area contributed by atoms with E-state index in [9.17, 15) is 13.6 Å². The van der Waals surface area contributed by atoms with Crippen molar-refractivity contribution in [1.82, 2.24) is 5.48 Å². The van der Waals surface area contributed by atoms with Crippen molar-refractivity contribution in [1.29, 1.82) is 0 Å². The van der Waals surface area contributed by atoms with Crippen LogP contribution in [0.15, 0.2) is 34.8 Å². The first-order valence-electron chi connectivity index (χ1n) is 8.43. The number of hydrogen-bond acceptors (Lipinski definition) is 3. The minimum atomic E-state index is -1.11. The summed E-state index contributed by atoms with van der Waals surface area (Å²) in [6.07, 6.45) is 3.83. The van der Waals surface area contributed by atoms with Crippen LogP contribution in [0.2, 0.25) is 0 Å². The molecule has 0 saturated heterocycles. The van der Waals surface area contributed by atoms with E-state index >= 15 is 0 Å². The standard InChI is InChI=1S/C19H19BrF2N2O2/c1-11-10-12(20)6-9-16(11)23-18-14(7-8-15(21)17(18)22)19(25)24-26-13-4-2-3-5-13/h6-10,13,23H,2-5H2,1H3,(H,24,25). The zero-order valence-electron chi connectivity index (χ0n) is 14.2. The van der Waals surface area contributed by atoms with Gasteiger partial charge < -0.3 is 5.32 Å². The molecule has 1 saturated carbocycles. The molecule has 3 rings (SSSR count). The van der Waals surface area contributed by atoms with Gasteiger partial charge >= 0.3 is 0 Å². The monoisotopic (exact) mass is 424 g/mol. The molecule has 0 atom stereocenters. The average Bonchev–Trinajstić information content (AvgIpc) is 3.12. The number of amides is 1. The van der Waals surface area contributed by atoms with Crippen LogP contribution in [0.25, 0.3) is 0 Å². The summed E-state index contributed by atoms with van der Waals surface area (Å²) < 4.78 is 29.0. The number of carbonyl (C=O) groups excluding carboxylic acids is 1.